The first-order valence-corrected chi connectivity index (χ1v) is 32.1. The zero-order chi connectivity index (χ0) is 62.1. The number of amides is 2. The van der Waals surface area contributed by atoms with Gasteiger partial charge in [0.05, 0.1) is 60.8 Å². The highest BCUT2D eigenvalue weighted by Gasteiger charge is 2.72. The highest BCUT2D eigenvalue weighted by molar-refractivity contribution is 7.25. The topological polar surface area (TPSA) is 233 Å². The molecule has 8 N–H and O–H groups in total. The number of likely N-dealkylation sites (tertiary alicyclic amines) is 2. The molecule has 6 aromatic rings. The fourth-order valence-electron chi connectivity index (χ4n) is 13.9. The van der Waals surface area contributed by atoms with Gasteiger partial charge >= 0.3 is 12.2 Å². The van der Waals surface area contributed by atoms with E-state index in [-0.39, 0.29) is 79.6 Å². The Hall–Kier alpha value is -6.45. The van der Waals surface area contributed by atoms with Gasteiger partial charge in [0.15, 0.2) is 0 Å². The summed E-state index contributed by atoms with van der Waals surface area (Å²) in [5, 5.41) is 26.3. The maximum Gasteiger partial charge on any atom is 0.395 e. The second-order valence-electron chi connectivity index (χ2n) is 26.4. The van der Waals surface area contributed by atoms with E-state index in [1.807, 2.05) is 45.3 Å². The quantitative estimate of drug-likeness (QED) is 0.0213. The summed E-state index contributed by atoms with van der Waals surface area (Å²) in [6.07, 6.45) is 6.14. The molecule has 7 aliphatic rings. The number of carbonyl (C=O) groups excluding carboxylic acids is 2. The van der Waals surface area contributed by atoms with Crippen molar-refractivity contribution in [2.45, 2.75) is 140 Å². The second kappa shape index (κ2) is 24.1. The number of nitrogens with zero attached hydrogens (tertiary/aromatic N) is 9. The number of hydrogen-bond acceptors (Lipinski definition) is 17. The average Bonchev–Trinajstić information content (AvgIpc) is 1.54. The summed E-state index contributed by atoms with van der Waals surface area (Å²) in [4.78, 5) is 49.9. The Morgan fingerprint density at radius 1 is 1.00 bits per heavy atom. The number of anilines is 1. The third-order valence-electron chi connectivity index (χ3n) is 18.9. The van der Waals surface area contributed by atoms with Crippen molar-refractivity contribution < 1.29 is 45.8 Å². The number of pyridine rings is 1. The van der Waals surface area contributed by atoms with Crippen molar-refractivity contribution in [3.63, 3.8) is 0 Å². The van der Waals surface area contributed by atoms with Gasteiger partial charge in [0, 0.05) is 92.4 Å². The molecule has 0 radical (unpaired) electrons. The van der Waals surface area contributed by atoms with E-state index in [1.165, 1.54) is 39.2 Å². The maximum absolute atomic E-state index is 16.4. The highest BCUT2D eigenvalue weighted by atomic mass is 32.1. The number of benzene rings is 1. The van der Waals surface area contributed by atoms with E-state index in [2.05, 4.69) is 52.7 Å². The first-order chi connectivity index (χ1) is 41.9. The van der Waals surface area contributed by atoms with E-state index >= 15 is 13.2 Å². The van der Waals surface area contributed by atoms with Crippen molar-refractivity contribution in [3.8, 4) is 16.5 Å². The van der Waals surface area contributed by atoms with Crippen molar-refractivity contribution in [2.24, 2.45) is 40.2 Å². The number of nitrogens with two attached hydrogens (primary N) is 2. The summed E-state index contributed by atoms with van der Waals surface area (Å²) >= 11 is 2.85. The predicted molar refractivity (Wildman–Crippen MR) is 326 cm³/mol. The molecule has 88 heavy (non-hydrogen) atoms. The molecule has 4 aliphatic heterocycles. The number of hydrogen-bond donors (Lipinski definition) is 6. The summed E-state index contributed by atoms with van der Waals surface area (Å²) < 4.78 is 99.0. The van der Waals surface area contributed by atoms with E-state index in [1.54, 1.807) is 28.5 Å². The van der Waals surface area contributed by atoms with Gasteiger partial charge in [-0.1, -0.05) is 45.0 Å². The summed E-state index contributed by atoms with van der Waals surface area (Å²) in [6, 6.07) is 9.61. The zero-order valence-electron chi connectivity index (χ0n) is 49.8. The zero-order valence-corrected chi connectivity index (χ0v) is 51.4. The van der Waals surface area contributed by atoms with Crippen LogP contribution in [0.1, 0.15) is 102 Å². The minimum atomic E-state index is -4.74. The molecule has 2 saturated carbocycles. The lowest BCUT2D eigenvalue weighted by atomic mass is 9.75. The Morgan fingerprint density at radius 2 is 1.73 bits per heavy atom. The van der Waals surface area contributed by atoms with Crippen molar-refractivity contribution in [1.82, 2.24) is 55.6 Å². The molecule has 6 fully saturated rings. The minimum absolute atomic E-state index is 0.00224. The van der Waals surface area contributed by atoms with Crippen molar-refractivity contribution in [1.29, 1.82) is 0 Å². The lowest BCUT2D eigenvalue weighted by Crippen LogP contribution is -2.55. The number of halogens is 6. The number of aliphatic hydroxyl groups excluding tert-OH is 1. The van der Waals surface area contributed by atoms with Gasteiger partial charge in [0.1, 0.15) is 29.0 Å². The maximum atomic E-state index is 16.4. The lowest BCUT2D eigenvalue weighted by Gasteiger charge is -2.38. The Morgan fingerprint density at radius 3 is 2.35 bits per heavy atom. The normalized spacial score (nSPS) is 25.5. The van der Waals surface area contributed by atoms with Gasteiger partial charge in [-0.15, -0.1) is 22.7 Å². The molecule has 7 atom stereocenters. The first-order valence-electron chi connectivity index (χ1n) is 30.4. The fraction of sp³-hybridized carbons (Fsp3) is 0.565. The van der Waals surface area contributed by atoms with Gasteiger partial charge in [-0.3, -0.25) is 19.7 Å². The Kier molecular flexibility index (Phi) is 16.9. The van der Waals surface area contributed by atoms with Crippen LogP contribution in [0.5, 0.6) is 6.01 Å². The number of hydrazine groups is 1. The number of carbonyl (C=O) groups is 2. The number of rotatable bonds is 18. The molecule has 9 heterocycles. The fourth-order valence-corrected chi connectivity index (χ4v) is 15.9. The van der Waals surface area contributed by atoms with Crippen LogP contribution in [0.3, 0.4) is 0 Å². The number of nitrogens with one attached hydrogen (secondary N) is 3. The molecule has 6 unspecified atom stereocenters. The molecule has 26 heteroatoms. The van der Waals surface area contributed by atoms with Crippen LogP contribution in [0.25, 0.3) is 42.4 Å². The molecule has 13 rings (SSSR count). The highest BCUT2D eigenvalue weighted by Crippen LogP contribution is 2.61. The van der Waals surface area contributed by atoms with Gasteiger partial charge < -0.3 is 45.9 Å². The van der Waals surface area contributed by atoms with Gasteiger partial charge in [0.2, 0.25) is 12.3 Å². The van der Waals surface area contributed by atoms with Crippen LogP contribution in [-0.2, 0) is 16.1 Å². The number of ether oxygens (including phenoxy) is 1. The number of β-amino-alcohol motifs (C(OH)–C–C–N with tert-alkyl or cyclic N) is 1. The van der Waals surface area contributed by atoms with E-state index in [9.17, 15) is 27.9 Å². The number of alkyl halides is 6. The molecule has 18 nitrogen and oxygen atoms in total. The monoisotopic (exact) mass is 1260 g/mol. The Balaban J connectivity index is 0.000000408. The third kappa shape index (κ3) is 12.6. The predicted octanol–water partition coefficient (Wildman–Crippen LogP) is 7.44. The second-order valence-corrected chi connectivity index (χ2v) is 28.2. The van der Waals surface area contributed by atoms with Crippen LogP contribution in [0.15, 0.2) is 60.1 Å². The van der Waals surface area contributed by atoms with Crippen LogP contribution >= 0.6 is 22.7 Å². The molecule has 3 aliphatic carbocycles. The van der Waals surface area contributed by atoms with E-state index < -0.39 is 52.6 Å². The van der Waals surface area contributed by atoms with Crippen molar-refractivity contribution >= 4 is 72.8 Å². The van der Waals surface area contributed by atoms with E-state index in [0.717, 1.165) is 49.4 Å². The molecule has 472 valence electrons. The number of thiazole rings is 1. The molecule has 4 saturated heterocycles. The Bertz CT molecular complexity index is 3700. The summed E-state index contributed by atoms with van der Waals surface area (Å²) in [5.41, 5.74) is 8.55. The van der Waals surface area contributed by atoms with Gasteiger partial charge in [-0.25, -0.2) is 24.0 Å². The molecule has 0 spiro atoms. The summed E-state index contributed by atoms with van der Waals surface area (Å²) in [6.45, 7) is 11.5. The largest absolute Gasteiger partial charge is 0.462 e. The van der Waals surface area contributed by atoms with Crippen molar-refractivity contribution in [3.05, 3.63) is 87.7 Å². The number of fused-ring (bicyclic) bond motifs is 6. The molecule has 5 aromatic heterocycles. The number of H-pyrrole nitrogens is 1. The lowest BCUT2D eigenvalue weighted by molar-refractivity contribution is -0.170. The van der Waals surface area contributed by atoms with E-state index in [0.29, 0.717) is 101 Å². The van der Waals surface area contributed by atoms with Crippen LogP contribution in [0.2, 0.25) is 0 Å². The molecule has 1 aromatic carbocycles. The van der Waals surface area contributed by atoms with Gasteiger partial charge in [-0.2, -0.15) is 28.2 Å². The summed E-state index contributed by atoms with van der Waals surface area (Å²) in [7, 11) is 0. The van der Waals surface area contributed by atoms with Gasteiger partial charge in [0.25, 0.3) is 5.92 Å². The van der Waals surface area contributed by atoms with Crippen molar-refractivity contribution in [2.75, 3.05) is 57.3 Å². The number of aromatic amines is 1. The standard InChI is InChI=1S/C50H64F6N12O3S.C12H12N2OS/c1-46(2,3)41(44(70)66-17-11-31(69)23-66)68(58)20-28(57)5-4-27-9-15-65(16-10-27)25-47(24-49(47,52)53)26-71-45-62-42(67-21-29-6-7-30(22-67)61-29)37-32-8-14-59-39(40(32)72-43(37)63-45)36-33-19-60-64-35(33)18-34(50(54,55)56)38(36)48(51)12-13-48;1-9-12(16-8-14-9)11-4-2-10(3-5-11)6-13-7-15/h8,14,18-20,27,29-31,34,38,41,61,64,69H,4-7,9-13,15-17,21-26,57-58H2,1-3H3;2-5,7-8H,6H2,1H3,(H,13,15)/b28-20-;/t29?,30?,31?,34?,38?,41?,47-;/m1./s1. The molecule has 2 bridgehead atoms. The molecular formula is C62H76F6N14O4S2. The number of aliphatic hydroxyl groups is 1. The first kappa shape index (κ1) is 61.8. The van der Waals surface area contributed by atoms with Crippen LogP contribution in [0, 0.1) is 35.5 Å². The molecule has 2 amide bonds. The number of aryl methyl sites for hydroxylation is 1. The van der Waals surface area contributed by atoms with Crippen LogP contribution < -0.4 is 42.4 Å². The molecular weight excluding hydrogens is 1180 g/mol. The SMILES string of the molecule is CC(C)(C)C(C(=O)N1CCC(O)C1)N(N)/C=C(\N)CCC1CCN(C[C@@]2(COc3nc(N4CC5CCC(C4)N5)c4c(n3)sc3c(C5=c6cn[nH]c6=CC(C(F)(F)F)C5C5(F)CC5)nccc34)CC2(F)F)CC1.Cc1ncsc1-c1ccc(CNC=O)cc1. The average molecular weight is 1260 g/mol. The van der Waals surface area contributed by atoms with Gasteiger partial charge in [-0.05, 0) is 118 Å². The number of aromatic nitrogens is 6. The number of piperazine rings is 1. The van der Waals surface area contributed by atoms with Crippen LogP contribution in [0.4, 0.5) is 32.2 Å². The Labute approximate surface area is 513 Å². The third-order valence-corrected chi connectivity index (χ3v) is 21.0. The number of thiophene rings is 1. The summed E-state index contributed by atoms with van der Waals surface area (Å²) in [5.74, 6) is 0.574. The minimum Gasteiger partial charge on any atom is -0.462 e. The van der Waals surface area contributed by atoms with Crippen LogP contribution in [-0.4, -0.2) is 157 Å². The van der Waals surface area contributed by atoms with E-state index in [4.69, 9.17) is 26.3 Å². The smallest absolute Gasteiger partial charge is 0.395 e. The number of allylic oxidation sites excluding steroid dienone is 1. The number of piperidine rings is 1.